The second-order valence-corrected chi connectivity index (χ2v) is 13.2. The Bertz CT molecular complexity index is 1550. The molecule has 0 spiro atoms. The van der Waals surface area contributed by atoms with Crippen LogP contribution < -0.4 is 9.62 Å². The molecular formula is C27H29N3O5S2. The molecule has 3 aromatic carbocycles. The Kier molecular flexibility index (Phi) is 6.82. The average Bonchev–Trinajstić information content (AvgIpc) is 3.26. The fourth-order valence-corrected chi connectivity index (χ4v) is 8.31. The average molecular weight is 540 g/mol. The molecule has 0 aromatic heterocycles. The van der Waals surface area contributed by atoms with Crippen molar-refractivity contribution in [1.82, 2.24) is 4.31 Å². The molecule has 2 heterocycles. The van der Waals surface area contributed by atoms with Crippen LogP contribution in [0.5, 0.6) is 0 Å². The summed E-state index contributed by atoms with van der Waals surface area (Å²) in [6.07, 6.45) is 3.29. The Balaban J connectivity index is 1.38. The summed E-state index contributed by atoms with van der Waals surface area (Å²) in [4.78, 5) is 13.2. The number of anilines is 2. The van der Waals surface area contributed by atoms with Crippen molar-refractivity contribution >= 4 is 37.3 Å². The number of nitrogens with one attached hydrogen (secondary N) is 1. The lowest BCUT2D eigenvalue weighted by Crippen LogP contribution is -2.35. The van der Waals surface area contributed by atoms with Gasteiger partial charge < -0.3 is 5.32 Å². The summed E-state index contributed by atoms with van der Waals surface area (Å²) in [6.45, 7) is 2.83. The molecule has 5 rings (SSSR count). The summed E-state index contributed by atoms with van der Waals surface area (Å²) in [7, 11) is -7.55. The fourth-order valence-electron chi connectivity index (χ4n) is 5.01. The van der Waals surface area contributed by atoms with Crippen LogP contribution >= 0.6 is 0 Å². The fraction of sp³-hybridized carbons (Fsp3) is 0.296. The molecule has 1 fully saturated rings. The van der Waals surface area contributed by atoms with Crippen molar-refractivity contribution in [3.63, 3.8) is 0 Å². The van der Waals surface area contributed by atoms with Gasteiger partial charge in [0.25, 0.3) is 15.9 Å². The Labute approximate surface area is 218 Å². The number of sulfonamides is 2. The standard InChI is InChI=1S/C27H29N3O5S2/c1-20-17-21-9-3-4-14-26(21)30(20)37(34,35)24-12-7-10-22(18-24)27(31)28-23-11-8-13-25(19-23)36(32,33)29-15-5-2-6-16-29/h3-4,7-14,18-20H,2,5-6,15-17H2,1H3,(H,28,31)/t20-/m1/s1. The first-order valence-corrected chi connectivity index (χ1v) is 15.2. The molecule has 3 aromatic rings. The Hall–Kier alpha value is -3.21. The van der Waals surface area contributed by atoms with Gasteiger partial charge in [0, 0.05) is 30.4 Å². The number of nitrogens with zero attached hydrogens (tertiary/aromatic N) is 2. The zero-order valence-electron chi connectivity index (χ0n) is 20.5. The predicted molar refractivity (Wildman–Crippen MR) is 143 cm³/mol. The first-order valence-electron chi connectivity index (χ1n) is 12.3. The van der Waals surface area contributed by atoms with Crippen LogP contribution in [-0.4, -0.2) is 46.2 Å². The summed E-state index contributed by atoms with van der Waals surface area (Å²) in [6, 6.07) is 19.2. The van der Waals surface area contributed by atoms with Gasteiger partial charge in [0.1, 0.15) is 0 Å². The Morgan fingerprint density at radius 1 is 0.811 bits per heavy atom. The third-order valence-electron chi connectivity index (χ3n) is 6.84. The summed E-state index contributed by atoms with van der Waals surface area (Å²) in [5.41, 5.74) is 2.09. The minimum atomic E-state index is -3.90. The largest absolute Gasteiger partial charge is 0.322 e. The lowest BCUT2D eigenvalue weighted by molar-refractivity contribution is 0.102. The number of hydrogen-bond donors (Lipinski definition) is 1. The van der Waals surface area contributed by atoms with Gasteiger partial charge in [0.15, 0.2) is 0 Å². The summed E-state index contributed by atoms with van der Waals surface area (Å²) in [5.74, 6) is -0.528. The second-order valence-electron chi connectivity index (χ2n) is 9.46. The van der Waals surface area contributed by atoms with E-state index in [4.69, 9.17) is 0 Å². The van der Waals surface area contributed by atoms with E-state index < -0.39 is 26.0 Å². The third-order valence-corrected chi connectivity index (χ3v) is 10.7. The maximum absolute atomic E-state index is 13.6. The highest BCUT2D eigenvalue weighted by atomic mass is 32.2. The second kappa shape index (κ2) is 9.92. The van der Waals surface area contributed by atoms with E-state index in [9.17, 15) is 21.6 Å². The Morgan fingerprint density at radius 2 is 1.49 bits per heavy atom. The first kappa shape index (κ1) is 25.4. The topological polar surface area (TPSA) is 104 Å². The summed E-state index contributed by atoms with van der Waals surface area (Å²) in [5, 5.41) is 2.72. The third kappa shape index (κ3) is 4.88. The lowest BCUT2D eigenvalue weighted by Gasteiger charge is -2.26. The first-order chi connectivity index (χ1) is 17.7. The number of hydrogen-bond acceptors (Lipinski definition) is 5. The molecular weight excluding hydrogens is 510 g/mol. The zero-order chi connectivity index (χ0) is 26.2. The van der Waals surface area contributed by atoms with Crippen LogP contribution in [0.15, 0.2) is 82.6 Å². The molecule has 1 saturated heterocycles. The van der Waals surface area contributed by atoms with E-state index in [1.54, 1.807) is 18.2 Å². The number of amides is 1. The zero-order valence-corrected chi connectivity index (χ0v) is 22.1. The van der Waals surface area contributed by atoms with Gasteiger partial charge in [-0.1, -0.05) is 36.8 Å². The molecule has 0 aliphatic carbocycles. The van der Waals surface area contributed by atoms with Gasteiger partial charge in [0.05, 0.1) is 15.5 Å². The van der Waals surface area contributed by atoms with E-state index in [-0.39, 0.29) is 21.4 Å². The number of benzene rings is 3. The van der Waals surface area contributed by atoms with Gasteiger partial charge >= 0.3 is 0 Å². The molecule has 0 unspecified atom stereocenters. The van der Waals surface area contributed by atoms with Crippen molar-refractivity contribution in [2.45, 2.75) is 48.4 Å². The van der Waals surface area contributed by atoms with E-state index >= 15 is 0 Å². The van der Waals surface area contributed by atoms with Crippen molar-refractivity contribution in [2.24, 2.45) is 0 Å². The number of para-hydroxylation sites is 1. The molecule has 1 N–H and O–H groups in total. The molecule has 1 atom stereocenters. The van der Waals surface area contributed by atoms with Crippen LogP contribution in [0.2, 0.25) is 0 Å². The van der Waals surface area contributed by atoms with E-state index in [1.807, 2.05) is 25.1 Å². The molecule has 37 heavy (non-hydrogen) atoms. The van der Waals surface area contributed by atoms with Gasteiger partial charge in [0.2, 0.25) is 10.0 Å². The summed E-state index contributed by atoms with van der Waals surface area (Å²) >= 11 is 0. The molecule has 2 aliphatic rings. The number of fused-ring (bicyclic) bond motifs is 1. The molecule has 2 aliphatic heterocycles. The van der Waals surface area contributed by atoms with Gasteiger partial charge in [-0.3, -0.25) is 9.10 Å². The summed E-state index contributed by atoms with van der Waals surface area (Å²) < 4.78 is 56.1. The maximum Gasteiger partial charge on any atom is 0.264 e. The van der Waals surface area contributed by atoms with E-state index in [0.717, 1.165) is 24.8 Å². The smallest absolute Gasteiger partial charge is 0.264 e. The van der Waals surface area contributed by atoms with Crippen molar-refractivity contribution < 1.29 is 21.6 Å². The monoisotopic (exact) mass is 539 g/mol. The molecule has 10 heteroatoms. The minimum absolute atomic E-state index is 0.0186. The SMILES string of the molecule is C[C@@H]1Cc2ccccc2N1S(=O)(=O)c1cccc(C(=O)Nc2cccc(S(=O)(=O)N3CCCCC3)c2)c1. The highest BCUT2D eigenvalue weighted by Gasteiger charge is 2.36. The number of rotatable bonds is 6. The van der Waals surface area contributed by atoms with E-state index in [2.05, 4.69) is 5.32 Å². The quantitative estimate of drug-likeness (QED) is 0.504. The van der Waals surface area contributed by atoms with Crippen LogP contribution in [-0.2, 0) is 26.5 Å². The molecule has 1 amide bonds. The maximum atomic E-state index is 13.6. The highest BCUT2D eigenvalue weighted by Crippen LogP contribution is 2.36. The van der Waals surface area contributed by atoms with Crippen molar-refractivity contribution in [1.29, 1.82) is 0 Å². The Morgan fingerprint density at radius 3 is 2.24 bits per heavy atom. The van der Waals surface area contributed by atoms with Gasteiger partial charge in [-0.05, 0) is 74.2 Å². The van der Waals surface area contributed by atoms with Crippen LogP contribution in [0.4, 0.5) is 11.4 Å². The van der Waals surface area contributed by atoms with Crippen molar-refractivity contribution in [3.8, 4) is 0 Å². The molecule has 8 nitrogen and oxygen atoms in total. The number of carbonyl (C=O) groups excluding carboxylic acids is 1. The molecule has 0 bridgehead atoms. The number of carbonyl (C=O) groups is 1. The van der Waals surface area contributed by atoms with Gasteiger partial charge in [-0.25, -0.2) is 16.8 Å². The van der Waals surface area contributed by atoms with Crippen molar-refractivity contribution in [2.75, 3.05) is 22.7 Å². The van der Waals surface area contributed by atoms with Crippen LogP contribution in [0.1, 0.15) is 42.1 Å². The minimum Gasteiger partial charge on any atom is -0.322 e. The van der Waals surface area contributed by atoms with E-state index in [0.29, 0.717) is 30.9 Å². The normalized spacial score (nSPS) is 18.4. The van der Waals surface area contributed by atoms with Crippen LogP contribution in [0, 0.1) is 0 Å². The molecule has 0 radical (unpaired) electrons. The number of piperidine rings is 1. The van der Waals surface area contributed by atoms with Crippen LogP contribution in [0.25, 0.3) is 0 Å². The van der Waals surface area contributed by atoms with E-state index in [1.165, 1.54) is 45.0 Å². The lowest BCUT2D eigenvalue weighted by atomic mass is 10.1. The van der Waals surface area contributed by atoms with Gasteiger partial charge in [-0.15, -0.1) is 0 Å². The predicted octanol–water partition coefficient (Wildman–Crippen LogP) is 4.25. The van der Waals surface area contributed by atoms with Gasteiger partial charge in [-0.2, -0.15) is 4.31 Å². The highest BCUT2D eigenvalue weighted by molar-refractivity contribution is 7.93. The molecule has 0 saturated carbocycles. The molecule has 194 valence electrons. The van der Waals surface area contributed by atoms with Crippen LogP contribution in [0.3, 0.4) is 0 Å². The van der Waals surface area contributed by atoms with Crippen molar-refractivity contribution in [3.05, 3.63) is 83.9 Å².